The van der Waals surface area contributed by atoms with Crippen LogP contribution in [0.3, 0.4) is 0 Å². The fourth-order valence-electron chi connectivity index (χ4n) is 1.27. The number of anilines is 1. The Balaban J connectivity index is 1.96. The molecule has 2 heterocycles. The molecule has 2 aromatic rings. The number of pyridine rings is 1. The minimum atomic E-state index is 0.464. The van der Waals surface area contributed by atoms with Crippen molar-refractivity contribution in [2.75, 3.05) is 5.32 Å². The smallest absolute Gasteiger partial charge is 0.213 e. The Morgan fingerprint density at radius 1 is 1.44 bits per heavy atom. The molecule has 5 heteroatoms. The molecule has 0 aliphatic carbocycles. The van der Waals surface area contributed by atoms with E-state index in [1.54, 1.807) is 12.3 Å². The van der Waals surface area contributed by atoms with Crippen LogP contribution >= 0.6 is 11.6 Å². The molecule has 0 radical (unpaired) electrons. The van der Waals surface area contributed by atoms with Gasteiger partial charge in [0.05, 0.1) is 12.7 Å². The summed E-state index contributed by atoms with van der Waals surface area (Å²) in [4.78, 5) is 8.23. The standard InChI is InChI=1S/C11H12ClN3O/c1-2-8-6-14-11(16-8)7-13-10-5-3-4-9(12)15-10/h3-6H,2,7H2,1H3,(H,13,15). The molecule has 1 N–H and O–H groups in total. The lowest BCUT2D eigenvalue weighted by atomic mass is 10.4. The van der Waals surface area contributed by atoms with Crippen molar-refractivity contribution in [1.29, 1.82) is 0 Å². The Hall–Kier alpha value is -1.55. The van der Waals surface area contributed by atoms with Gasteiger partial charge in [0.15, 0.2) is 0 Å². The van der Waals surface area contributed by atoms with Gasteiger partial charge in [-0.2, -0.15) is 0 Å². The summed E-state index contributed by atoms with van der Waals surface area (Å²) >= 11 is 5.76. The minimum absolute atomic E-state index is 0.464. The molecule has 0 aromatic carbocycles. The third-order valence-electron chi connectivity index (χ3n) is 2.09. The van der Waals surface area contributed by atoms with E-state index in [1.807, 2.05) is 19.1 Å². The predicted octanol–water partition coefficient (Wildman–Crippen LogP) is 2.90. The van der Waals surface area contributed by atoms with Crippen LogP contribution in [-0.4, -0.2) is 9.97 Å². The van der Waals surface area contributed by atoms with E-state index < -0.39 is 0 Å². The van der Waals surface area contributed by atoms with Crippen LogP contribution in [0, 0.1) is 0 Å². The maximum atomic E-state index is 5.76. The second-order valence-corrected chi connectivity index (χ2v) is 3.66. The molecule has 0 atom stereocenters. The summed E-state index contributed by atoms with van der Waals surface area (Å²) in [6.07, 6.45) is 2.59. The van der Waals surface area contributed by atoms with Crippen LogP contribution in [0.4, 0.5) is 5.82 Å². The minimum Gasteiger partial charge on any atom is -0.444 e. The van der Waals surface area contributed by atoms with Gasteiger partial charge in [0.2, 0.25) is 5.89 Å². The van der Waals surface area contributed by atoms with Gasteiger partial charge in [-0.25, -0.2) is 9.97 Å². The van der Waals surface area contributed by atoms with Gasteiger partial charge in [-0.15, -0.1) is 0 Å². The van der Waals surface area contributed by atoms with Gasteiger partial charge < -0.3 is 9.73 Å². The van der Waals surface area contributed by atoms with Crippen LogP contribution < -0.4 is 5.32 Å². The maximum absolute atomic E-state index is 5.76. The van der Waals surface area contributed by atoms with Crippen LogP contribution in [0.15, 0.2) is 28.8 Å². The van der Waals surface area contributed by atoms with E-state index in [9.17, 15) is 0 Å². The van der Waals surface area contributed by atoms with E-state index >= 15 is 0 Å². The number of rotatable bonds is 4. The quantitative estimate of drug-likeness (QED) is 0.831. The number of oxazole rings is 1. The van der Waals surface area contributed by atoms with Crippen molar-refractivity contribution < 1.29 is 4.42 Å². The summed E-state index contributed by atoms with van der Waals surface area (Å²) in [6, 6.07) is 5.41. The van der Waals surface area contributed by atoms with Crippen LogP contribution in [0.2, 0.25) is 5.15 Å². The number of nitrogens with one attached hydrogen (secondary N) is 1. The molecule has 0 saturated heterocycles. The summed E-state index contributed by atoms with van der Waals surface area (Å²) in [5, 5.41) is 3.55. The van der Waals surface area contributed by atoms with Crippen LogP contribution in [0.1, 0.15) is 18.6 Å². The monoisotopic (exact) mass is 237 g/mol. The van der Waals surface area contributed by atoms with Gasteiger partial charge in [0, 0.05) is 6.42 Å². The fourth-order valence-corrected chi connectivity index (χ4v) is 1.43. The first kappa shape index (κ1) is 11.0. The molecule has 84 valence electrons. The lowest BCUT2D eigenvalue weighted by Crippen LogP contribution is -2.01. The summed E-state index contributed by atoms with van der Waals surface area (Å²) in [7, 11) is 0. The van der Waals surface area contributed by atoms with E-state index in [2.05, 4.69) is 15.3 Å². The molecule has 0 unspecified atom stereocenters. The van der Waals surface area contributed by atoms with Crippen molar-refractivity contribution in [2.45, 2.75) is 19.9 Å². The molecule has 0 amide bonds. The average molecular weight is 238 g/mol. The second-order valence-electron chi connectivity index (χ2n) is 3.27. The lowest BCUT2D eigenvalue weighted by Gasteiger charge is -2.02. The molecule has 0 fully saturated rings. The zero-order valence-corrected chi connectivity index (χ0v) is 9.66. The molecule has 4 nitrogen and oxygen atoms in total. The third-order valence-corrected chi connectivity index (χ3v) is 2.30. The van der Waals surface area contributed by atoms with Crippen molar-refractivity contribution >= 4 is 17.4 Å². The fraction of sp³-hybridized carbons (Fsp3) is 0.273. The van der Waals surface area contributed by atoms with Gasteiger partial charge >= 0.3 is 0 Å². The Kier molecular flexibility index (Phi) is 3.41. The zero-order valence-electron chi connectivity index (χ0n) is 8.90. The highest BCUT2D eigenvalue weighted by molar-refractivity contribution is 6.29. The number of hydrogen-bond acceptors (Lipinski definition) is 4. The number of aryl methyl sites for hydroxylation is 1. The SMILES string of the molecule is CCc1cnc(CNc2cccc(Cl)n2)o1. The Morgan fingerprint density at radius 2 is 2.31 bits per heavy atom. The van der Waals surface area contributed by atoms with E-state index in [0.29, 0.717) is 23.4 Å². The topological polar surface area (TPSA) is 51.0 Å². The molecular formula is C11H12ClN3O. The molecule has 0 aliphatic heterocycles. The number of halogens is 1. The highest BCUT2D eigenvalue weighted by Gasteiger charge is 2.02. The average Bonchev–Trinajstić information content (AvgIpc) is 2.74. The molecule has 16 heavy (non-hydrogen) atoms. The first-order valence-corrected chi connectivity index (χ1v) is 5.45. The van der Waals surface area contributed by atoms with E-state index in [1.165, 1.54) is 0 Å². The molecule has 2 rings (SSSR count). The first-order chi connectivity index (χ1) is 7.78. The largest absolute Gasteiger partial charge is 0.444 e. The summed E-state index contributed by atoms with van der Waals surface area (Å²) in [5.41, 5.74) is 0. The molecule has 0 aliphatic rings. The third kappa shape index (κ3) is 2.73. The van der Waals surface area contributed by atoms with Gasteiger partial charge in [-0.05, 0) is 12.1 Å². The van der Waals surface area contributed by atoms with Gasteiger partial charge in [-0.3, -0.25) is 0 Å². The van der Waals surface area contributed by atoms with Gasteiger partial charge in [-0.1, -0.05) is 24.6 Å². The van der Waals surface area contributed by atoms with Crippen molar-refractivity contribution in [2.24, 2.45) is 0 Å². The molecule has 0 saturated carbocycles. The van der Waals surface area contributed by atoms with Gasteiger partial charge in [0.1, 0.15) is 16.7 Å². The normalized spacial score (nSPS) is 10.4. The summed E-state index contributed by atoms with van der Waals surface area (Å²) in [6.45, 7) is 2.53. The lowest BCUT2D eigenvalue weighted by molar-refractivity contribution is 0.465. The maximum Gasteiger partial charge on any atom is 0.213 e. The van der Waals surface area contributed by atoms with Crippen molar-refractivity contribution in [3.63, 3.8) is 0 Å². The van der Waals surface area contributed by atoms with E-state index in [0.717, 1.165) is 12.2 Å². The summed E-state index contributed by atoms with van der Waals surface area (Å²) in [5.74, 6) is 2.25. The van der Waals surface area contributed by atoms with Gasteiger partial charge in [0.25, 0.3) is 0 Å². The Labute approximate surface area is 98.7 Å². The summed E-state index contributed by atoms with van der Waals surface area (Å²) < 4.78 is 5.45. The first-order valence-electron chi connectivity index (χ1n) is 5.08. The highest BCUT2D eigenvalue weighted by Crippen LogP contribution is 2.11. The van der Waals surface area contributed by atoms with Crippen LogP contribution in [0.25, 0.3) is 0 Å². The molecule has 0 bridgehead atoms. The Morgan fingerprint density at radius 3 is 3.00 bits per heavy atom. The van der Waals surface area contributed by atoms with Crippen molar-refractivity contribution in [3.05, 3.63) is 41.2 Å². The van der Waals surface area contributed by atoms with E-state index in [4.69, 9.17) is 16.0 Å². The van der Waals surface area contributed by atoms with Crippen molar-refractivity contribution in [1.82, 2.24) is 9.97 Å². The molecular weight excluding hydrogens is 226 g/mol. The second kappa shape index (κ2) is 4.99. The number of aromatic nitrogens is 2. The van der Waals surface area contributed by atoms with Crippen LogP contribution in [-0.2, 0) is 13.0 Å². The van der Waals surface area contributed by atoms with E-state index in [-0.39, 0.29) is 0 Å². The predicted molar refractivity (Wildman–Crippen MR) is 62.5 cm³/mol. The molecule has 2 aromatic heterocycles. The van der Waals surface area contributed by atoms with Crippen molar-refractivity contribution in [3.8, 4) is 0 Å². The van der Waals surface area contributed by atoms with Crippen LogP contribution in [0.5, 0.6) is 0 Å². The Bertz CT molecular complexity index is 470. The highest BCUT2D eigenvalue weighted by atomic mass is 35.5. The zero-order chi connectivity index (χ0) is 11.4. The number of hydrogen-bond donors (Lipinski definition) is 1. The molecule has 0 spiro atoms. The number of nitrogens with zero attached hydrogens (tertiary/aromatic N) is 2.